The van der Waals surface area contributed by atoms with Crippen molar-refractivity contribution in [2.24, 2.45) is 0 Å². The molecule has 2 rings (SSSR count). The fourth-order valence-corrected chi connectivity index (χ4v) is 1.47. The molecule has 0 aliphatic heterocycles. The van der Waals surface area contributed by atoms with Gasteiger partial charge in [-0.1, -0.05) is 36.4 Å². The Morgan fingerprint density at radius 2 is 1.43 bits per heavy atom. The molecule has 0 saturated heterocycles. The lowest BCUT2D eigenvalue weighted by atomic mass is 10.0. The molecule has 0 amide bonds. The summed E-state index contributed by atoms with van der Waals surface area (Å²) in [5.41, 5.74) is -0.574. The van der Waals surface area contributed by atoms with E-state index in [0.717, 1.165) is 6.07 Å². The summed E-state index contributed by atoms with van der Waals surface area (Å²) in [5, 5.41) is 0.866. The first-order valence-corrected chi connectivity index (χ1v) is 4.14. The molecule has 0 nitrogen and oxygen atoms in total. The van der Waals surface area contributed by atoms with Gasteiger partial charge in [0.05, 0.1) is 5.56 Å². The van der Waals surface area contributed by atoms with Crippen LogP contribution in [-0.4, -0.2) is 0 Å². The van der Waals surface area contributed by atoms with E-state index in [1.807, 2.05) is 0 Å². The zero-order valence-electron chi connectivity index (χ0n) is 7.18. The van der Waals surface area contributed by atoms with Crippen LogP contribution < -0.4 is 0 Å². The predicted octanol–water partition coefficient (Wildman–Crippen LogP) is 3.86. The summed E-state index contributed by atoms with van der Waals surface area (Å²) >= 11 is 0. The van der Waals surface area contributed by atoms with Crippen LogP contribution in [0.3, 0.4) is 0 Å². The van der Waals surface area contributed by atoms with Crippen LogP contribution in [0.4, 0.5) is 13.2 Å². The number of hydrogen-bond acceptors (Lipinski definition) is 0. The molecule has 14 heavy (non-hydrogen) atoms. The van der Waals surface area contributed by atoms with Gasteiger partial charge in [0.15, 0.2) is 0 Å². The van der Waals surface area contributed by atoms with Gasteiger partial charge in [0.2, 0.25) is 0 Å². The molecule has 2 aromatic carbocycles. The number of benzene rings is 2. The Hall–Kier alpha value is -1.51. The molecule has 0 aromatic heterocycles. The Morgan fingerprint density at radius 1 is 0.786 bits per heavy atom. The van der Waals surface area contributed by atoms with E-state index >= 15 is 0 Å². The molecule has 0 heterocycles. The van der Waals surface area contributed by atoms with Gasteiger partial charge in [-0.15, -0.1) is 0 Å². The minimum atomic E-state index is -4.28. The van der Waals surface area contributed by atoms with E-state index in [9.17, 15) is 13.2 Å². The molecule has 3 heteroatoms. The van der Waals surface area contributed by atoms with E-state index in [1.54, 1.807) is 24.3 Å². The minimum Gasteiger partial charge on any atom is -0.166 e. The Balaban J connectivity index is 2.78. The van der Waals surface area contributed by atoms with Crippen LogP contribution in [0.1, 0.15) is 5.56 Å². The highest BCUT2D eigenvalue weighted by molar-refractivity contribution is 5.86. The number of fused-ring (bicyclic) bond motifs is 1. The second kappa shape index (κ2) is 3.01. The quantitative estimate of drug-likeness (QED) is 0.600. The zero-order chi connectivity index (χ0) is 10.2. The first kappa shape index (κ1) is 9.06. The maximum Gasteiger partial charge on any atom is 0.417 e. The van der Waals surface area contributed by atoms with Crippen LogP contribution in [0.5, 0.6) is 0 Å². The summed E-state index contributed by atoms with van der Waals surface area (Å²) < 4.78 is 37.6. The molecule has 72 valence electrons. The summed E-state index contributed by atoms with van der Waals surface area (Å²) in [6, 6.07) is 10.7. The molecule has 0 spiro atoms. The molecule has 0 aliphatic rings. The van der Waals surface area contributed by atoms with Crippen molar-refractivity contribution in [2.75, 3.05) is 0 Å². The Bertz CT molecular complexity index is 452. The molecule has 0 radical (unpaired) electrons. The van der Waals surface area contributed by atoms with Crippen LogP contribution in [0, 0.1) is 0 Å². The van der Waals surface area contributed by atoms with E-state index in [4.69, 9.17) is 0 Å². The van der Waals surface area contributed by atoms with Gasteiger partial charge in [-0.2, -0.15) is 13.2 Å². The minimum absolute atomic E-state index is 0.252. The summed E-state index contributed by atoms with van der Waals surface area (Å²) in [7, 11) is 0. The van der Waals surface area contributed by atoms with Gasteiger partial charge in [-0.05, 0) is 16.8 Å². The molecule has 0 bridgehead atoms. The van der Waals surface area contributed by atoms with Crippen LogP contribution >= 0.6 is 0 Å². The number of rotatable bonds is 0. The van der Waals surface area contributed by atoms with Crippen molar-refractivity contribution >= 4 is 10.8 Å². The lowest BCUT2D eigenvalue weighted by Crippen LogP contribution is -2.05. The normalized spacial score (nSPS) is 11.9. The summed E-state index contributed by atoms with van der Waals surface area (Å²) in [5.74, 6) is 0. The number of alkyl halides is 3. The van der Waals surface area contributed by atoms with Crippen molar-refractivity contribution in [3.05, 3.63) is 48.0 Å². The number of halogens is 3. The van der Waals surface area contributed by atoms with E-state index in [2.05, 4.69) is 0 Å². The Labute approximate surface area is 79.0 Å². The third kappa shape index (κ3) is 1.45. The molecule has 0 saturated carbocycles. The lowest BCUT2D eigenvalue weighted by molar-refractivity contribution is -0.136. The molecule has 2 aromatic rings. The van der Waals surface area contributed by atoms with Crippen molar-refractivity contribution in [3.63, 3.8) is 0 Å². The highest BCUT2D eigenvalue weighted by atomic mass is 19.4. The average Bonchev–Trinajstić information content (AvgIpc) is 2.15. The maximum atomic E-state index is 12.5. The van der Waals surface area contributed by atoms with Crippen molar-refractivity contribution in [1.29, 1.82) is 0 Å². The first-order chi connectivity index (χ1) is 6.59. The smallest absolute Gasteiger partial charge is 0.166 e. The molecular formula is C11H7F3. The van der Waals surface area contributed by atoms with E-state index in [1.165, 1.54) is 12.1 Å². The van der Waals surface area contributed by atoms with Crippen molar-refractivity contribution < 1.29 is 13.2 Å². The second-order valence-corrected chi connectivity index (χ2v) is 3.02. The maximum absolute atomic E-state index is 12.5. The van der Waals surface area contributed by atoms with Gasteiger partial charge in [-0.3, -0.25) is 0 Å². The SMILES string of the molecule is FC(F)(F)c1cccc2ccccc12. The molecular weight excluding hydrogens is 189 g/mol. The topological polar surface area (TPSA) is 0 Å². The predicted molar refractivity (Wildman–Crippen MR) is 49.0 cm³/mol. The van der Waals surface area contributed by atoms with Crippen molar-refractivity contribution in [2.45, 2.75) is 6.18 Å². The third-order valence-corrected chi connectivity index (χ3v) is 2.10. The molecule has 0 unspecified atom stereocenters. The van der Waals surface area contributed by atoms with Crippen molar-refractivity contribution in [3.8, 4) is 0 Å². The van der Waals surface area contributed by atoms with Crippen LogP contribution in [0.25, 0.3) is 10.8 Å². The molecule has 0 N–H and O–H groups in total. The van der Waals surface area contributed by atoms with Gasteiger partial charge in [0.25, 0.3) is 0 Å². The molecule has 0 fully saturated rings. The molecule has 0 atom stereocenters. The first-order valence-electron chi connectivity index (χ1n) is 4.14. The average molecular weight is 196 g/mol. The summed E-state index contributed by atoms with van der Waals surface area (Å²) in [6.07, 6.45) is -4.28. The largest absolute Gasteiger partial charge is 0.417 e. The van der Waals surface area contributed by atoms with Gasteiger partial charge < -0.3 is 0 Å². The third-order valence-electron chi connectivity index (χ3n) is 2.10. The van der Waals surface area contributed by atoms with E-state index in [-0.39, 0.29) is 5.39 Å². The van der Waals surface area contributed by atoms with Crippen LogP contribution in [0.15, 0.2) is 42.5 Å². The van der Waals surface area contributed by atoms with Crippen LogP contribution in [-0.2, 0) is 6.18 Å². The van der Waals surface area contributed by atoms with Gasteiger partial charge in [0, 0.05) is 0 Å². The number of hydrogen-bond donors (Lipinski definition) is 0. The Kier molecular flexibility index (Phi) is 1.95. The fourth-order valence-electron chi connectivity index (χ4n) is 1.47. The Morgan fingerprint density at radius 3 is 2.14 bits per heavy atom. The fraction of sp³-hybridized carbons (Fsp3) is 0.0909. The second-order valence-electron chi connectivity index (χ2n) is 3.02. The van der Waals surface area contributed by atoms with E-state index < -0.39 is 11.7 Å². The van der Waals surface area contributed by atoms with Gasteiger partial charge >= 0.3 is 6.18 Å². The highest BCUT2D eigenvalue weighted by Crippen LogP contribution is 2.34. The van der Waals surface area contributed by atoms with Gasteiger partial charge in [0.1, 0.15) is 0 Å². The van der Waals surface area contributed by atoms with E-state index in [0.29, 0.717) is 5.39 Å². The van der Waals surface area contributed by atoms with Gasteiger partial charge in [-0.25, -0.2) is 0 Å². The standard InChI is InChI=1S/C11H7F3/c12-11(13,14)10-7-3-5-8-4-1-2-6-9(8)10/h1-7H. The monoisotopic (exact) mass is 196 g/mol. The zero-order valence-corrected chi connectivity index (χ0v) is 7.18. The lowest BCUT2D eigenvalue weighted by Gasteiger charge is -2.09. The van der Waals surface area contributed by atoms with Crippen molar-refractivity contribution in [1.82, 2.24) is 0 Å². The van der Waals surface area contributed by atoms with Crippen LogP contribution in [0.2, 0.25) is 0 Å². The highest BCUT2D eigenvalue weighted by Gasteiger charge is 2.31. The molecule has 0 aliphatic carbocycles. The summed E-state index contributed by atoms with van der Waals surface area (Å²) in [4.78, 5) is 0. The summed E-state index contributed by atoms with van der Waals surface area (Å²) in [6.45, 7) is 0.